The van der Waals surface area contributed by atoms with Gasteiger partial charge in [0.25, 0.3) is 0 Å². The van der Waals surface area contributed by atoms with Gasteiger partial charge in [-0.3, -0.25) is 4.79 Å². The Hall–Kier alpha value is -1.09. The summed E-state index contributed by atoms with van der Waals surface area (Å²) in [6.07, 6.45) is -4.81. The number of carboxylic acid groups (broad SMARTS) is 1. The molecule has 0 saturated carbocycles. The molecule has 0 aliphatic heterocycles. The highest BCUT2D eigenvalue weighted by atomic mass is 19.3. The molecule has 0 aliphatic carbocycles. The van der Waals surface area contributed by atoms with Crippen molar-refractivity contribution in [1.29, 1.82) is 0 Å². The summed E-state index contributed by atoms with van der Waals surface area (Å²) in [5.74, 6) is -24.4. The first-order valence-electron chi connectivity index (χ1n) is 3.90. The number of halogens is 8. The zero-order valence-electron chi connectivity index (χ0n) is 8.03. The SMILES string of the molecule is CC(F)(F)C(F)(F)C(C(=O)O)C(F)(F)C(F)F. The van der Waals surface area contributed by atoms with Gasteiger partial charge in [-0.15, -0.1) is 0 Å². The van der Waals surface area contributed by atoms with Crippen LogP contribution >= 0.6 is 0 Å². The smallest absolute Gasteiger partial charge is 0.329 e. The second-order valence-corrected chi connectivity index (χ2v) is 3.26. The van der Waals surface area contributed by atoms with E-state index >= 15 is 0 Å². The normalized spacial score (nSPS) is 16.1. The average molecular weight is 274 g/mol. The van der Waals surface area contributed by atoms with Gasteiger partial charge in [0, 0.05) is 6.92 Å². The van der Waals surface area contributed by atoms with E-state index in [1.165, 1.54) is 0 Å². The number of rotatable bonds is 5. The van der Waals surface area contributed by atoms with Crippen LogP contribution in [0, 0.1) is 5.92 Å². The molecule has 1 unspecified atom stereocenters. The summed E-state index contributed by atoms with van der Waals surface area (Å²) in [6.45, 7) is -0.537. The first-order valence-corrected chi connectivity index (χ1v) is 3.90. The summed E-state index contributed by atoms with van der Waals surface area (Å²) < 4.78 is 98.7. The van der Waals surface area contributed by atoms with Crippen LogP contribution in [0.3, 0.4) is 0 Å². The van der Waals surface area contributed by atoms with Crippen LogP contribution in [0.25, 0.3) is 0 Å². The van der Waals surface area contributed by atoms with E-state index in [9.17, 15) is 39.9 Å². The van der Waals surface area contributed by atoms with E-state index in [4.69, 9.17) is 5.11 Å². The van der Waals surface area contributed by atoms with E-state index < -0.39 is 43.0 Å². The molecule has 0 aromatic rings. The lowest BCUT2D eigenvalue weighted by Crippen LogP contribution is -2.57. The maximum Gasteiger partial charge on any atom is 0.329 e. The van der Waals surface area contributed by atoms with Gasteiger partial charge in [-0.25, -0.2) is 17.6 Å². The van der Waals surface area contributed by atoms with Crippen molar-refractivity contribution >= 4 is 5.97 Å². The van der Waals surface area contributed by atoms with Gasteiger partial charge in [0.2, 0.25) is 0 Å². The van der Waals surface area contributed by atoms with Crippen molar-refractivity contribution in [3.8, 4) is 0 Å². The highest BCUT2D eigenvalue weighted by Gasteiger charge is 2.71. The van der Waals surface area contributed by atoms with Crippen molar-refractivity contribution in [2.24, 2.45) is 5.92 Å². The number of aliphatic carboxylic acids is 1. The van der Waals surface area contributed by atoms with E-state index in [-0.39, 0.29) is 0 Å². The first kappa shape index (κ1) is 15.9. The monoisotopic (exact) mass is 274 g/mol. The molecule has 0 spiro atoms. The van der Waals surface area contributed by atoms with Gasteiger partial charge in [-0.2, -0.15) is 17.6 Å². The van der Waals surface area contributed by atoms with Crippen LogP contribution in [-0.2, 0) is 4.79 Å². The quantitative estimate of drug-likeness (QED) is 0.783. The Morgan fingerprint density at radius 3 is 1.59 bits per heavy atom. The van der Waals surface area contributed by atoms with Crippen LogP contribution in [0.4, 0.5) is 35.1 Å². The van der Waals surface area contributed by atoms with E-state index in [1.54, 1.807) is 0 Å². The molecule has 0 amide bonds. The van der Waals surface area contributed by atoms with Crippen LogP contribution < -0.4 is 0 Å². The fraction of sp³-hybridized carbons (Fsp3) is 0.857. The Balaban J connectivity index is 5.64. The first-order chi connectivity index (χ1) is 7.26. The minimum Gasteiger partial charge on any atom is -0.481 e. The molecule has 0 aliphatic rings. The Morgan fingerprint density at radius 1 is 1.06 bits per heavy atom. The lowest BCUT2D eigenvalue weighted by atomic mass is 9.90. The van der Waals surface area contributed by atoms with Crippen LogP contribution in [0.15, 0.2) is 0 Å². The van der Waals surface area contributed by atoms with Gasteiger partial charge in [0.05, 0.1) is 0 Å². The second kappa shape index (κ2) is 4.30. The maximum absolute atomic E-state index is 12.8. The molecule has 1 N–H and O–H groups in total. The third-order valence-corrected chi connectivity index (χ3v) is 1.87. The molecule has 1 atom stereocenters. The Kier molecular flexibility index (Phi) is 4.02. The Morgan fingerprint density at radius 2 is 1.41 bits per heavy atom. The average Bonchev–Trinajstić information content (AvgIpc) is 1.98. The maximum atomic E-state index is 12.8. The number of hydrogen-bond donors (Lipinski definition) is 1. The largest absolute Gasteiger partial charge is 0.481 e. The Labute approximate surface area is 89.2 Å². The van der Waals surface area contributed by atoms with Crippen molar-refractivity contribution in [3.05, 3.63) is 0 Å². The molecule has 0 heterocycles. The van der Waals surface area contributed by atoms with Gasteiger partial charge in [0.1, 0.15) is 0 Å². The second-order valence-electron chi connectivity index (χ2n) is 3.26. The predicted octanol–water partition coefficient (Wildman–Crippen LogP) is 2.88. The summed E-state index contributed by atoms with van der Waals surface area (Å²) in [5, 5.41) is 8.03. The van der Waals surface area contributed by atoms with Crippen LogP contribution in [-0.4, -0.2) is 35.3 Å². The van der Waals surface area contributed by atoms with Gasteiger partial charge in [-0.05, 0) is 0 Å². The molecule has 17 heavy (non-hydrogen) atoms. The van der Waals surface area contributed by atoms with Gasteiger partial charge in [-0.1, -0.05) is 0 Å². The summed E-state index contributed by atoms with van der Waals surface area (Å²) in [6, 6.07) is 0. The summed E-state index contributed by atoms with van der Waals surface area (Å²) in [4.78, 5) is 10.1. The van der Waals surface area contributed by atoms with Crippen molar-refractivity contribution in [3.63, 3.8) is 0 Å². The van der Waals surface area contributed by atoms with Crippen molar-refractivity contribution in [2.75, 3.05) is 0 Å². The molecule has 0 fully saturated rings. The standard InChI is InChI=1S/C7H6F8O2/c1-5(10,11)7(14,15)2(3(16)17)6(12,13)4(8)9/h2,4H,1H3,(H,16,17). The molecular formula is C7H6F8O2. The molecule has 0 radical (unpaired) electrons. The Bertz CT molecular complexity index is 295. The molecule has 2 nitrogen and oxygen atoms in total. The fourth-order valence-electron chi connectivity index (χ4n) is 0.941. The summed E-state index contributed by atoms with van der Waals surface area (Å²) >= 11 is 0. The third kappa shape index (κ3) is 2.78. The molecule has 10 heteroatoms. The van der Waals surface area contributed by atoms with Crippen molar-refractivity contribution < 1.29 is 45.0 Å². The minimum absolute atomic E-state index is 0.537. The number of alkyl halides is 8. The molecule has 0 saturated heterocycles. The van der Waals surface area contributed by atoms with E-state index in [0.29, 0.717) is 0 Å². The lowest BCUT2D eigenvalue weighted by molar-refractivity contribution is -0.286. The van der Waals surface area contributed by atoms with Crippen LogP contribution in [0.1, 0.15) is 6.92 Å². The van der Waals surface area contributed by atoms with Gasteiger partial charge < -0.3 is 5.11 Å². The zero-order chi connectivity index (χ0) is 14.2. The molecular weight excluding hydrogens is 268 g/mol. The van der Waals surface area contributed by atoms with E-state index in [2.05, 4.69) is 0 Å². The third-order valence-electron chi connectivity index (χ3n) is 1.87. The van der Waals surface area contributed by atoms with Gasteiger partial charge >= 0.3 is 30.2 Å². The number of carboxylic acids is 1. The minimum atomic E-state index is -5.82. The molecule has 0 bridgehead atoms. The van der Waals surface area contributed by atoms with Crippen molar-refractivity contribution in [2.45, 2.75) is 31.1 Å². The summed E-state index contributed by atoms with van der Waals surface area (Å²) in [7, 11) is 0. The fourth-order valence-corrected chi connectivity index (χ4v) is 0.941. The highest BCUT2D eigenvalue weighted by Crippen LogP contribution is 2.48. The molecule has 0 aromatic heterocycles. The molecule has 102 valence electrons. The molecule has 0 rings (SSSR count). The topological polar surface area (TPSA) is 37.3 Å². The molecule has 0 aromatic carbocycles. The van der Waals surface area contributed by atoms with Crippen LogP contribution in [0.2, 0.25) is 0 Å². The zero-order valence-corrected chi connectivity index (χ0v) is 8.03. The van der Waals surface area contributed by atoms with E-state index in [1.807, 2.05) is 0 Å². The number of carbonyl (C=O) groups is 1. The van der Waals surface area contributed by atoms with Gasteiger partial charge in [0.15, 0.2) is 5.92 Å². The predicted molar refractivity (Wildman–Crippen MR) is 37.6 cm³/mol. The van der Waals surface area contributed by atoms with Crippen molar-refractivity contribution in [1.82, 2.24) is 0 Å². The highest BCUT2D eigenvalue weighted by molar-refractivity contribution is 5.73. The van der Waals surface area contributed by atoms with Crippen LogP contribution in [0.5, 0.6) is 0 Å². The summed E-state index contributed by atoms with van der Waals surface area (Å²) in [5.41, 5.74) is 0. The lowest BCUT2D eigenvalue weighted by Gasteiger charge is -2.32. The number of hydrogen-bond acceptors (Lipinski definition) is 1. The van der Waals surface area contributed by atoms with E-state index in [0.717, 1.165) is 0 Å².